The second kappa shape index (κ2) is 5.72. The van der Waals surface area contributed by atoms with Gasteiger partial charge < -0.3 is 4.74 Å². The highest BCUT2D eigenvalue weighted by Gasteiger charge is 2.10. The van der Waals surface area contributed by atoms with Crippen molar-refractivity contribution in [3.63, 3.8) is 0 Å². The van der Waals surface area contributed by atoms with Gasteiger partial charge in [-0.1, -0.05) is 22.0 Å². The standard InChI is InChI=1S/C11H12BrN3O3S/c12-9-2-1-3-10(6-9)18-5-4-15-8-11(7-14-15)19(13,16)17/h1-3,6-8H,4-5H2,(H2,13,16,17). The van der Waals surface area contributed by atoms with E-state index < -0.39 is 10.0 Å². The summed E-state index contributed by atoms with van der Waals surface area (Å²) < 4.78 is 30.0. The average Bonchev–Trinajstić information content (AvgIpc) is 2.77. The van der Waals surface area contributed by atoms with E-state index in [2.05, 4.69) is 21.0 Å². The third kappa shape index (κ3) is 4.05. The molecule has 2 rings (SSSR count). The van der Waals surface area contributed by atoms with Crippen LogP contribution in [0.5, 0.6) is 5.75 Å². The molecule has 1 aromatic heterocycles. The largest absolute Gasteiger partial charge is 0.492 e. The maximum absolute atomic E-state index is 11.1. The van der Waals surface area contributed by atoms with Crippen LogP contribution in [0.25, 0.3) is 0 Å². The number of benzene rings is 1. The van der Waals surface area contributed by atoms with Crippen LogP contribution < -0.4 is 9.88 Å². The number of nitrogens with zero attached hydrogens (tertiary/aromatic N) is 2. The molecule has 0 unspecified atom stereocenters. The molecule has 0 bridgehead atoms. The Balaban J connectivity index is 1.91. The highest BCUT2D eigenvalue weighted by atomic mass is 79.9. The zero-order valence-corrected chi connectivity index (χ0v) is 12.3. The summed E-state index contributed by atoms with van der Waals surface area (Å²) in [5.74, 6) is 0.730. The van der Waals surface area contributed by atoms with E-state index in [0.29, 0.717) is 13.2 Å². The maximum atomic E-state index is 11.1. The first-order valence-electron chi connectivity index (χ1n) is 5.39. The van der Waals surface area contributed by atoms with Crippen LogP contribution in [0.2, 0.25) is 0 Å². The summed E-state index contributed by atoms with van der Waals surface area (Å²) in [6, 6.07) is 7.45. The van der Waals surface area contributed by atoms with Gasteiger partial charge in [0.25, 0.3) is 0 Å². The minimum atomic E-state index is -3.70. The van der Waals surface area contributed by atoms with Gasteiger partial charge in [-0.25, -0.2) is 13.6 Å². The molecular formula is C11H12BrN3O3S. The lowest BCUT2D eigenvalue weighted by Crippen LogP contribution is -2.12. The van der Waals surface area contributed by atoms with E-state index in [0.717, 1.165) is 10.2 Å². The van der Waals surface area contributed by atoms with Gasteiger partial charge in [0.1, 0.15) is 17.3 Å². The van der Waals surface area contributed by atoms with Crippen molar-refractivity contribution in [2.24, 2.45) is 5.14 Å². The molecule has 0 saturated carbocycles. The van der Waals surface area contributed by atoms with Gasteiger partial charge in [-0.05, 0) is 18.2 Å². The van der Waals surface area contributed by atoms with Crippen LogP contribution in [0.3, 0.4) is 0 Å². The third-order valence-electron chi connectivity index (χ3n) is 2.32. The fraction of sp³-hybridized carbons (Fsp3) is 0.182. The summed E-state index contributed by atoms with van der Waals surface area (Å²) in [5.41, 5.74) is 0. The quantitative estimate of drug-likeness (QED) is 0.886. The molecular weight excluding hydrogens is 334 g/mol. The second-order valence-corrected chi connectivity index (χ2v) is 6.27. The summed E-state index contributed by atoms with van der Waals surface area (Å²) in [7, 11) is -3.70. The number of aromatic nitrogens is 2. The summed E-state index contributed by atoms with van der Waals surface area (Å²) in [6.45, 7) is 0.810. The Morgan fingerprint density at radius 1 is 1.42 bits per heavy atom. The molecule has 0 aliphatic rings. The van der Waals surface area contributed by atoms with Crippen LogP contribution >= 0.6 is 15.9 Å². The number of nitrogens with two attached hydrogens (primary N) is 1. The first-order valence-corrected chi connectivity index (χ1v) is 7.73. The predicted octanol–water partition coefficient (Wildman–Crippen LogP) is 1.37. The minimum absolute atomic E-state index is 0.00467. The third-order valence-corrected chi connectivity index (χ3v) is 3.68. The molecule has 19 heavy (non-hydrogen) atoms. The van der Waals surface area contributed by atoms with E-state index in [1.165, 1.54) is 17.1 Å². The van der Waals surface area contributed by atoms with Crippen LogP contribution in [0, 0.1) is 0 Å². The SMILES string of the molecule is NS(=O)(=O)c1cnn(CCOc2cccc(Br)c2)c1. The van der Waals surface area contributed by atoms with Gasteiger partial charge in [-0.15, -0.1) is 0 Å². The molecule has 0 atom stereocenters. The molecule has 0 aliphatic carbocycles. The Kier molecular flexibility index (Phi) is 4.23. The predicted molar refractivity (Wildman–Crippen MR) is 73.2 cm³/mol. The monoisotopic (exact) mass is 345 g/mol. The molecule has 0 amide bonds. The maximum Gasteiger partial charge on any atom is 0.241 e. The molecule has 8 heteroatoms. The van der Waals surface area contributed by atoms with Gasteiger partial charge in [0, 0.05) is 10.7 Å². The molecule has 0 aliphatic heterocycles. The second-order valence-electron chi connectivity index (χ2n) is 3.79. The Morgan fingerprint density at radius 3 is 2.84 bits per heavy atom. The van der Waals surface area contributed by atoms with Crippen LogP contribution in [0.1, 0.15) is 0 Å². The van der Waals surface area contributed by atoms with Crippen molar-refractivity contribution in [3.05, 3.63) is 41.1 Å². The minimum Gasteiger partial charge on any atom is -0.492 e. The number of sulfonamides is 1. The number of halogens is 1. The zero-order valence-electron chi connectivity index (χ0n) is 9.86. The average molecular weight is 346 g/mol. The number of rotatable bonds is 5. The van der Waals surface area contributed by atoms with Gasteiger partial charge in [0.15, 0.2) is 0 Å². The summed E-state index contributed by atoms with van der Waals surface area (Å²) >= 11 is 3.35. The fourth-order valence-corrected chi connectivity index (χ4v) is 2.27. The van der Waals surface area contributed by atoms with Crippen molar-refractivity contribution < 1.29 is 13.2 Å². The number of hydrogen-bond donors (Lipinski definition) is 1. The Morgan fingerprint density at radius 2 is 2.21 bits per heavy atom. The molecule has 0 fully saturated rings. The van der Waals surface area contributed by atoms with Gasteiger partial charge in [-0.2, -0.15) is 5.10 Å². The Hall–Kier alpha value is -1.38. The van der Waals surface area contributed by atoms with Crippen molar-refractivity contribution in [2.45, 2.75) is 11.4 Å². The van der Waals surface area contributed by atoms with E-state index in [1.54, 1.807) is 0 Å². The van der Waals surface area contributed by atoms with Gasteiger partial charge in [-0.3, -0.25) is 4.68 Å². The lowest BCUT2D eigenvalue weighted by molar-refractivity contribution is 0.291. The molecule has 0 radical (unpaired) electrons. The summed E-state index contributed by atoms with van der Waals surface area (Å²) in [5, 5.41) is 8.89. The van der Waals surface area contributed by atoms with E-state index in [9.17, 15) is 8.42 Å². The van der Waals surface area contributed by atoms with Gasteiger partial charge in [0.2, 0.25) is 10.0 Å². The molecule has 2 N–H and O–H groups in total. The van der Waals surface area contributed by atoms with Crippen molar-refractivity contribution in [1.82, 2.24) is 9.78 Å². The molecule has 0 saturated heterocycles. The lowest BCUT2D eigenvalue weighted by Gasteiger charge is -2.06. The van der Waals surface area contributed by atoms with Crippen LogP contribution in [0.4, 0.5) is 0 Å². The van der Waals surface area contributed by atoms with Crippen LogP contribution in [0.15, 0.2) is 46.0 Å². The molecule has 1 heterocycles. The number of ether oxygens (including phenoxy) is 1. The smallest absolute Gasteiger partial charge is 0.241 e. The van der Waals surface area contributed by atoms with Crippen molar-refractivity contribution in [1.29, 1.82) is 0 Å². The normalized spacial score (nSPS) is 11.5. The number of primary sulfonamides is 1. The lowest BCUT2D eigenvalue weighted by atomic mass is 10.3. The Bertz CT molecular complexity index is 669. The highest BCUT2D eigenvalue weighted by Crippen LogP contribution is 2.17. The zero-order chi connectivity index (χ0) is 13.9. The first-order chi connectivity index (χ1) is 8.95. The van der Waals surface area contributed by atoms with Crippen molar-refractivity contribution in [3.8, 4) is 5.75 Å². The molecule has 2 aromatic rings. The van der Waals surface area contributed by atoms with E-state index >= 15 is 0 Å². The molecule has 0 spiro atoms. The van der Waals surface area contributed by atoms with E-state index in [1.807, 2.05) is 24.3 Å². The first kappa shape index (κ1) is 14.0. The summed E-state index contributed by atoms with van der Waals surface area (Å²) in [6.07, 6.45) is 2.59. The summed E-state index contributed by atoms with van der Waals surface area (Å²) in [4.78, 5) is -0.00467. The van der Waals surface area contributed by atoms with Crippen molar-refractivity contribution in [2.75, 3.05) is 6.61 Å². The fourth-order valence-electron chi connectivity index (χ4n) is 1.43. The van der Waals surface area contributed by atoms with E-state index in [-0.39, 0.29) is 4.90 Å². The Labute approximate surface area is 119 Å². The topological polar surface area (TPSA) is 87.2 Å². The molecule has 6 nitrogen and oxygen atoms in total. The van der Waals surface area contributed by atoms with E-state index in [4.69, 9.17) is 9.88 Å². The van der Waals surface area contributed by atoms with Crippen molar-refractivity contribution >= 4 is 26.0 Å². The molecule has 1 aromatic carbocycles. The molecule has 102 valence electrons. The highest BCUT2D eigenvalue weighted by molar-refractivity contribution is 9.10. The van der Waals surface area contributed by atoms with Crippen LogP contribution in [-0.4, -0.2) is 24.8 Å². The van der Waals surface area contributed by atoms with Gasteiger partial charge >= 0.3 is 0 Å². The van der Waals surface area contributed by atoms with Crippen LogP contribution in [-0.2, 0) is 16.6 Å². The number of hydrogen-bond acceptors (Lipinski definition) is 4. The van der Waals surface area contributed by atoms with Gasteiger partial charge in [0.05, 0.1) is 12.7 Å².